The molecule has 6 heteroatoms. The lowest BCUT2D eigenvalue weighted by atomic mass is 10.2. The van der Waals surface area contributed by atoms with Crippen LogP contribution in [-0.2, 0) is 16.1 Å². The molecule has 2 rings (SSSR count). The van der Waals surface area contributed by atoms with Gasteiger partial charge in [0.15, 0.2) is 0 Å². The van der Waals surface area contributed by atoms with Gasteiger partial charge in [0.05, 0.1) is 12.2 Å². The van der Waals surface area contributed by atoms with Crippen LogP contribution in [0.3, 0.4) is 0 Å². The molecule has 1 aromatic rings. The molecule has 0 aliphatic carbocycles. The molecule has 0 bridgehead atoms. The van der Waals surface area contributed by atoms with E-state index in [2.05, 4.69) is 0 Å². The smallest absolute Gasteiger partial charge is 0.251 e. The molecule has 0 saturated carbocycles. The van der Waals surface area contributed by atoms with Crippen molar-refractivity contribution in [2.75, 3.05) is 18.8 Å². The molecule has 2 unspecified atom stereocenters. The van der Waals surface area contributed by atoms with Crippen LogP contribution < -0.4 is 11.3 Å². The Balaban J connectivity index is 2.08. The Hall–Kier alpha value is -1.82. The molecule has 1 aromatic heterocycles. The fraction of sp³-hybridized carbons (Fsp3) is 0.538. The molecule has 1 saturated heterocycles. The van der Waals surface area contributed by atoms with Gasteiger partial charge in [-0.25, -0.2) is 0 Å². The molecule has 0 radical (unpaired) electrons. The molecule has 1 amide bonds. The normalized spacial score (nSPS) is 23.4. The summed E-state index contributed by atoms with van der Waals surface area (Å²) in [4.78, 5) is 25.6. The second-order valence-corrected chi connectivity index (χ2v) is 4.98. The van der Waals surface area contributed by atoms with Gasteiger partial charge < -0.3 is 19.9 Å². The van der Waals surface area contributed by atoms with E-state index in [1.807, 2.05) is 13.8 Å². The van der Waals surface area contributed by atoms with Crippen LogP contribution in [-0.4, -0.2) is 40.7 Å². The number of ether oxygens (including phenoxy) is 1. The van der Waals surface area contributed by atoms with E-state index >= 15 is 0 Å². The number of amides is 1. The SMILES string of the molecule is CC1CN(C(=O)Cn2cc(N)ccc2=O)CC(C)O1. The average molecular weight is 265 g/mol. The lowest BCUT2D eigenvalue weighted by Gasteiger charge is -2.35. The minimum atomic E-state index is -0.225. The highest BCUT2D eigenvalue weighted by Crippen LogP contribution is 2.11. The van der Waals surface area contributed by atoms with Gasteiger partial charge in [0.1, 0.15) is 6.54 Å². The largest absolute Gasteiger partial charge is 0.398 e. The van der Waals surface area contributed by atoms with Gasteiger partial charge in [-0.15, -0.1) is 0 Å². The number of hydrogen-bond acceptors (Lipinski definition) is 4. The van der Waals surface area contributed by atoms with E-state index in [0.29, 0.717) is 18.8 Å². The highest BCUT2D eigenvalue weighted by molar-refractivity contribution is 5.76. The van der Waals surface area contributed by atoms with Gasteiger partial charge in [-0.3, -0.25) is 9.59 Å². The van der Waals surface area contributed by atoms with Crippen LogP contribution in [0.4, 0.5) is 5.69 Å². The van der Waals surface area contributed by atoms with Crippen molar-refractivity contribution in [3.63, 3.8) is 0 Å². The Morgan fingerprint density at radius 3 is 2.63 bits per heavy atom. The summed E-state index contributed by atoms with van der Waals surface area (Å²) in [7, 11) is 0. The summed E-state index contributed by atoms with van der Waals surface area (Å²) in [5, 5.41) is 0. The van der Waals surface area contributed by atoms with Gasteiger partial charge in [-0.2, -0.15) is 0 Å². The zero-order valence-electron chi connectivity index (χ0n) is 11.2. The van der Waals surface area contributed by atoms with Crippen molar-refractivity contribution in [3.8, 4) is 0 Å². The summed E-state index contributed by atoms with van der Waals surface area (Å²) < 4.78 is 6.91. The number of nitrogens with two attached hydrogens (primary N) is 1. The van der Waals surface area contributed by atoms with E-state index < -0.39 is 0 Å². The number of morpholine rings is 1. The molecule has 0 aromatic carbocycles. The van der Waals surface area contributed by atoms with Crippen molar-refractivity contribution >= 4 is 11.6 Å². The summed E-state index contributed by atoms with van der Waals surface area (Å²) >= 11 is 0. The zero-order chi connectivity index (χ0) is 14.0. The zero-order valence-corrected chi connectivity index (χ0v) is 11.2. The summed E-state index contributed by atoms with van der Waals surface area (Å²) in [5.74, 6) is -0.0882. The highest BCUT2D eigenvalue weighted by atomic mass is 16.5. The van der Waals surface area contributed by atoms with E-state index in [9.17, 15) is 9.59 Å². The van der Waals surface area contributed by atoms with Crippen molar-refractivity contribution in [1.82, 2.24) is 9.47 Å². The van der Waals surface area contributed by atoms with Gasteiger partial charge in [-0.05, 0) is 19.9 Å². The fourth-order valence-corrected chi connectivity index (χ4v) is 2.30. The van der Waals surface area contributed by atoms with Crippen LogP contribution in [0.15, 0.2) is 23.1 Å². The number of rotatable bonds is 2. The van der Waals surface area contributed by atoms with E-state index in [1.54, 1.807) is 4.90 Å². The number of anilines is 1. The monoisotopic (exact) mass is 265 g/mol. The summed E-state index contributed by atoms with van der Waals surface area (Å²) in [6, 6.07) is 2.90. The topological polar surface area (TPSA) is 77.6 Å². The molecule has 1 fully saturated rings. The van der Waals surface area contributed by atoms with Gasteiger partial charge in [0.2, 0.25) is 5.91 Å². The molecule has 2 N–H and O–H groups in total. The number of nitrogen functional groups attached to an aromatic ring is 1. The Labute approximate surface area is 111 Å². The van der Waals surface area contributed by atoms with Gasteiger partial charge in [0, 0.05) is 31.0 Å². The average Bonchev–Trinajstić information content (AvgIpc) is 2.32. The minimum Gasteiger partial charge on any atom is -0.398 e. The number of carbonyl (C=O) groups excluding carboxylic acids is 1. The van der Waals surface area contributed by atoms with Crippen molar-refractivity contribution in [1.29, 1.82) is 0 Å². The van der Waals surface area contributed by atoms with Crippen molar-refractivity contribution in [2.45, 2.75) is 32.6 Å². The Bertz CT molecular complexity index is 516. The lowest BCUT2D eigenvalue weighted by molar-refractivity contribution is -0.143. The number of aromatic nitrogens is 1. The minimum absolute atomic E-state index is 0.0172. The summed E-state index contributed by atoms with van der Waals surface area (Å²) in [6.07, 6.45) is 1.53. The second kappa shape index (κ2) is 5.44. The number of carbonyl (C=O) groups is 1. The third kappa shape index (κ3) is 3.35. The van der Waals surface area contributed by atoms with Gasteiger partial charge >= 0.3 is 0 Å². The fourth-order valence-electron chi connectivity index (χ4n) is 2.30. The Kier molecular flexibility index (Phi) is 3.90. The van der Waals surface area contributed by atoms with E-state index in [0.717, 1.165) is 0 Å². The first-order valence-corrected chi connectivity index (χ1v) is 6.35. The molecule has 1 aliphatic rings. The van der Waals surface area contributed by atoms with Crippen LogP contribution in [0.1, 0.15) is 13.8 Å². The molecular weight excluding hydrogens is 246 g/mol. The van der Waals surface area contributed by atoms with E-state index in [-0.39, 0.29) is 30.2 Å². The predicted molar refractivity (Wildman–Crippen MR) is 71.7 cm³/mol. The predicted octanol–water partition coefficient (Wildman–Crippen LogP) is 0.0663. The molecule has 2 atom stereocenters. The van der Waals surface area contributed by atoms with Crippen molar-refractivity contribution < 1.29 is 9.53 Å². The third-order valence-corrected chi connectivity index (χ3v) is 3.08. The first-order valence-electron chi connectivity index (χ1n) is 6.35. The highest BCUT2D eigenvalue weighted by Gasteiger charge is 2.25. The van der Waals surface area contributed by atoms with Gasteiger partial charge in [-0.1, -0.05) is 0 Å². The molecule has 104 valence electrons. The number of pyridine rings is 1. The first-order chi connectivity index (χ1) is 8.95. The summed E-state index contributed by atoms with van der Waals surface area (Å²) in [6.45, 7) is 5.00. The Morgan fingerprint density at radius 2 is 2.00 bits per heavy atom. The maximum atomic E-state index is 12.2. The van der Waals surface area contributed by atoms with Crippen LogP contribution >= 0.6 is 0 Å². The second-order valence-electron chi connectivity index (χ2n) is 4.98. The molecular formula is C13H19N3O3. The molecule has 19 heavy (non-hydrogen) atoms. The van der Waals surface area contributed by atoms with Crippen molar-refractivity contribution in [3.05, 3.63) is 28.7 Å². The summed E-state index contributed by atoms with van der Waals surface area (Å²) in [5.41, 5.74) is 5.86. The molecule has 2 heterocycles. The Morgan fingerprint density at radius 1 is 1.37 bits per heavy atom. The standard InChI is InChI=1S/C13H19N3O3/c1-9-5-15(6-10(2)19-9)13(18)8-16-7-11(14)3-4-12(16)17/h3-4,7,9-10H,5-6,8,14H2,1-2H3. The lowest BCUT2D eigenvalue weighted by Crippen LogP contribution is -2.49. The van der Waals surface area contributed by atoms with Gasteiger partial charge in [0.25, 0.3) is 5.56 Å². The third-order valence-electron chi connectivity index (χ3n) is 3.08. The maximum Gasteiger partial charge on any atom is 0.251 e. The van der Waals surface area contributed by atoms with Crippen LogP contribution in [0.25, 0.3) is 0 Å². The molecule has 0 spiro atoms. The first kappa shape index (κ1) is 13.6. The van der Waals surface area contributed by atoms with Crippen LogP contribution in [0.5, 0.6) is 0 Å². The number of nitrogens with zero attached hydrogens (tertiary/aromatic N) is 2. The molecule has 6 nitrogen and oxygen atoms in total. The van der Waals surface area contributed by atoms with E-state index in [1.165, 1.54) is 22.9 Å². The van der Waals surface area contributed by atoms with E-state index in [4.69, 9.17) is 10.5 Å². The van der Waals surface area contributed by atoms with Crippen LogP contribution in [0, 0.1) is 0 Å². The van der Waals surface area contributed by atoms with Crippen LogP contribution in [0.2, 0.25) is 0 Å². The molecule has 1 aliphatic heterocycles. The number of hydrogen-bond donors (Lipinski definition) is 1. The quantitative estimate of drug-likeness (QED) is 0.820. The van der Waals surface area contributed by atoms with Crippen molar-refractivity contribution in [2.24, 2.45) is 0 Å². The maximum absolute atomic E-state index is 12.2.